The Morgan fingerprint density at radius 3 is 3.16 bits per heavy atom. The maximum atomic E-state index is 10.7. The van der Waals surface area contributed by atoms with Gasteiger partial charge in [0.15, 0.2) is 0 Å². The Bertz CT molecular complexity index is 567. The molecule has 1 aliphatic heterocycles. The number of nitrogens with zero attached hydrogens (tertiary/aromatic N) is 2. The Labute approximate surface area is 117 Å². The highest BCUT2D eigenvalue weighted by Gasteiger charge is 2.32. The molecule has 2 aromatic rings. The van der Waals surface area contributed by atoms with E-state index in [1.54, 1.807) is 6.20 Å². The Morgan fingerprint density at radius 1 is 1.47 bits per heavy atom. The van der Waals surface area contributed by atoms with Crippen molar-refractivity contribution in [3.05, 3.63) is 48.0 Å². The minimum absolute atomic E-state index is 0.152. The number of fused-ring (bicyclic) bond motifs is 1. The lowest BCUT2D eigenvalue weighted by atomic mass is 9.95. The van der Waals surface area contributed by atoms with Crippen LogP contribution in [0.15, 0.2) is 41.6 Å². The second kappa shape index (κ2) is 5.39. The van der Waals surface area contributed by atoms with Crippen LogP contribution in [0.3, 0.4) is 0 Å². The molecular weight excluding hydrogens is 256 g/mol. The van der Waals surface area contributed by atoms with Gasteiger partial charge in [-0.15, -0.1) is 11.8 Å². The van der Waals surface area contributed by atoms with Gasteiger partial charge in [-0.05, 0) is 18.1 Å². The molecule has 0 bridgehead atoms. The first kappa shape index (κ1) is 12.8. The predicted molar refractivity (Wildman–Crippen MR) is 77.4 cm³/mol. The molecule has 1 aliphatic rings. The van der Waals surface area contributed by atoms with E-state index in [-0.39, 0.29) is 5.92 Å². The summed E-state index contributed by atoms with van der Waals surface area (Å²) in [5.41, 5.74) is 1.26. The summed E-state index contributed by atoms with van der Waals surface area (Å²) in [6.07, 6.45) is 4.27. The summed E-state index contributed by atoms with van der Waals surface area (Å²) in [5.74, 6) is 1.88. The zero-order valence-electron chi connectivity index (χ0n) is 11.0. The molecule has 0 amide bonds. The Kier molecular flexibility index (Phi) is 3.62. The largest absolute Gasteiger partial charge is 0.384 e. The van der Waals surface area contributed by atoms with E-state index < -0.39 is 6.10 Å². The number of thioether (sulfide) groups is 1. The second-order valence-corrected chi connectivity index (χ2v) is 5.94. The lowest BCUT2D eigenvalue weighted by molar-refractivity contribution is 0.139. The van der Waals surface area contributed by atoms with Gasteiger partial charge in [0.1, 0.15) is 11.9 Å². The van der Waals surface area contributed by atoms with Crippen LogP contribution in [-0.2, 0) is 6.54 Å². The quantitative estimate of drug-likeness (QED) is 0.930. The molecule has 1 aromatic heterocycles. The van der Waals surface area contributed by atoms with Crippen LogP contribution in [0.5, 0.6) is 0 Å². The summed E-state index contributed by atoms with van der Waals surface area (Å²) in [6, 6.07) is 8.35. The van der Waals surface area contributed by atoms with Crippen molar-refractivity contribution in [3.63, 3.8) is 0 Å². The van der Waals surface area contributed by atoms with Gasteiger partial charge >= 0.3 is 0 Å². The third-order valence-corrected chi connectivity index (χ3v) is 4.80. The molecule has 3 nitrogen and oxygen atoms in total. The van der Waals surface area contributed by atoms with Crippen LogP contribution in [0.4, 0.5) is 0 Å². The van der Waals surface area contributed by atoms with Crippen molar-refractivity contribution in [2.24, 2.45) is 0 Å². The molecule has 2 atom stereocenters. The van der Waals surface area contributed by atoms with E-state index in [4.69, 9.17) is 0 Å². The van der Waals surface area contributed by atoms with Crippen molar-refractivity contribution >= 4 is 11.8 Å². The average molecular weight is 274 g/mol. The first-order valence-electron chi connectivity index (χ1n) is 6.72. The van der Waals surface area contributed by atoms with Gasteiger partial charge in [-0.2, -0.15) is 0 Å². The zero-order chi connectivity index (χ0) is 13.2. The zero-order valence-corrected chi connectivity index (χ0v) is 11.8. The molecule has 3 rings (SSSR count). The first-order chi connectivity index (χ1) is 9.31. The van der Waals surface area contributed by atoms with E-state index in [2.05, 4.69) is 34.7 Å². The fourth-order valence-electron chi connectivity index (χ4n) is 2.65. The van der Waals surface area contributed by atoms with Crippen LogP contribution in [0.2, 0.25) is 0 Å². The molecule has 0 saturated heterocycles. The van der Waals surface area contributed by atoms with Crippen LogP contribution in [0.25, 0.3) is 0 Å². The van der Waals surface area contributed by atoms with Crippen molar-refractivity contribution in [1.29, 1.82) is 0 Å². The molecule has 0 radical (unpaired) electrons. The van der Waals surface area contributed by atoms with E-state index in [1.807, 2.05) is 24.0 Å². The molecule has 0 saturated carbocycles. The summed E-state index contributed by atoms with van der Waals surface area (Å²) in [4.78, 5) is 5.65. The van der Waals surface area contributed by atoms with Gasteiger partial charge in [-0.1, -0.05) is 25.1 Å². The molecule has 2 unspecified atom stereocenters. The van der Waals surface area contributed by atoms with Gasteiger partial charge in [0.25, 0.3) is 0 Å². The molecule has 19 heavy (non-hydrogen) atoms. The molecule has 0 aliphatic carbocycles. The van der Waals surface area contributed by atoms with E-state index in [0.29, 0.717) is 0 Å². The van der Waals surface area contributed by atoms with Crippen molar-refractivity contribution in [3.8, 4) is 0 Å². The number of benzene rings is 1. The van der Waals surface area contributed by atoms with Gasteiger partial charge in [-0.25, -0.2) is 4.98 Å². The number of rotatable bonds is 4. The van der Waals surface area contributed by atoms with E-state index in [9.17, 15) is 5.11 Å². The predicted octanol–water partition coefficient (Wildman–Crippen LogP) is 3.22. The smallest absolute Gasteiger partial charge is 0.138 e. The summed E-state index contributed by atoms with van der Waals surface area (Å²) >= 11 is 1.82. The van der Waals surface area contributed by atoms with E-state index in [0.717, 1.165) is 24.5 Å². The summed E-state index contributed by atoms with van der Waals surface area (Å²) in [5, 5.41) is 10.7. The number of aliphatic hydroxyl groups excluding tert-OH is 1. The van der Waals surface area contributed by atoms with Crippen molar-refractivity contribution < 1.29 is 5.11 Å². The third-order valence-electron chi connectivity index (χ3n) is 3.59. The highest BCUT2D eigenvalue weighted by molar-refractivity contribution is 7.99. The SMILES string of the molecule is CCCn1ccnc1C(O)C1CSc2ccccc21. The fourth-order valence-corrected chi connectivity index (χ4v) is 3.93. The van der Waals surface area contributed by atoms with E-state index in [1.165, 1.54) is 10.5 Å². The van der Waals surface area contributed by atoms with Gasteiger partial charge in [-0.3, -0.25) is 0 Å². The van der Waals surface area contributed by atoms with Crippen LogP contribution >= 0.6 is 11.8 Å². The molecule has 0 spiro atoms. The minimum atomic E-state index is -0.516. The standard InChI is InChI=1S/C15H18N2OS/c1-2-8-17-9-7-16-15(17)14(18)12-10-19-13-6-4-3-5-11(12)13/h3-7,9,12,14,18H,2,8,10H2,1H3. The molecule has 2 heterocycles. The molecular formula is C15H18N2OS. The highest BCUT2D eigenvalue weighted by atomic mass is 32.2. The number of aliphatic hydroxyl groups is 1. The summed E-state index contributed by atoms with van der Waals surface area (Å²) < 4.78 is 2.07. The van der Waals surface area contributed by atoms with Crippen LogP contribution in [-0.4, -0.2) is 20.4 Å². The van der Waals surface area contributed by atoms with E-state index >= 15 is 0 Å². The molecule has 0 fully saturated rings. The Balaban J connectivity index is 1.89. The number of aromatic nitrogens is 2. The number of hydrogen-bond acceptors (Lipinski definition) is 3. The fraction of sp³-hybridized carbons (Fsp3) is 0.400. The molecule has 4 heteroatoms. The van der Waals surface area contributed by atoms with Crippen LogP contribution in [0, 0.1) is 0 Å². The van der Waals surface area contributed by atoms with Crippen LogP contribution < -0.4 is 0 Å². The first-order valence-corrected chi connectivity index (χ1v) is 7.70. The molecule has 1 N–H and O–H groups in total. The van der Waals surface area contributed by atoms with Gasteiger partial charge in [0, 0.05) is 35.5 Å². The number of imidazole rings is 1. The lowest BCUT2D eigenvalue weighted by Gasteiger charge is -2.19. The van der Waals surface area contributed by atoms with Crippen LogP contribution in [0.1, 0.15) is 36.8 Å². The Morgan fingerprint density at radius 2 is 2.32 bits per heavy atom. The summed E-state index contributed by atoms with van der Waals surface area (Å²) in [6.45, 7) is 3.05. The topological polar surface area (TPSA) is 38.0 Å². The maximum absolute atomic E-state index is 10.7. The minimum Gasteiger partial charge on any atom is -0.384 e. The van der Waals surface area contributed by atoms with Gasteiger partial charge in [0.05, 0.1) is 0 Å². The van der Waals surface area contributed by atoms with Gasteiger partial charge < -0.3 is 9.67 Å². The highest BCUT2D eigenvalue weighted by Crippen LogP contribution is 2.45. The Hall–Kier alpha value is -1.26. The lowest BCUT2D eigenvalue weighted by Crippen LogP contribution is -2.16. The third kappa shape index (κ3) is 2.30. The van der Waals surface area contributed by atoms with Crippen molar-refractivity contribution in [1.82, 2.24) is 9.55 Å². The maximum Gasteiger partial charge on any atom is 0.138 e. The van der Waals surface area contributed by atoms with Crippen molar-refractivity contribution in [2.75, 3.05) is 5.75 Å². The van der Waals surface area contributed by atoms with Gasteiger partial charge in [0.2, 0.25) is 0 Å². The summed E-state index contributed by atoms with van der Waals surface area (Å²) in [7, 11) is 0. The monoisotopic (exact) mass is 274 g/mol. The molecule has 1 aromatic carbocycles. The number of hydrogen-bond donors (Lipinski definition) is 1. The number of aryl methyl sites for hydroxylation is 1. The molecule has 100 valence electrons. The second-order valence-electron chi connectivity index (χ2n) is 4.88. The normalized spacial score (nSPS) is 19.4. The average Bonchev–Trinajstić information content (AvgIpc) is 3.04. The van der Waals surface area contributed by atoms with Crippen molar-refractivity contribution in [2.45, 2.75) is 36.8 Å².